The largest absolute Gasteiger partial charge is 0.507 e. The van der Waals surface area contributed by atoms with Crippen molar-refractivity contribution in [2.75, 3.05) is 13.1 Å². The van der Waals surface area contributed by atoms with Crippen LogP contribution in [-0.2, 0) is 6.54 Å². The molecule has 0 radical (unpaired) electrons. The van der Waals surface area contributed by atoms with Crippen LogP contribution in [0.15, 0.2) is 42.2 Å². The van der Waals surface area contributed by atoms with Crippen molar-refractivity contribution in [1.82, 2.24) is 4.90 Å². The molecule has 1 heterocycles. The van der Waals surface area contributed by atoms with Crippen LogP contribution in [0.5, 0.6) is 11.5 Å². The highest BCUT2D eigenvalue weighted by atomic mass is 35.5. The average molecular weight is 414 g/mol. The fourth-order valence-corrected chi connectivity index (χ4v) is 3.65. The lowest BCUT2D eigenvalue weighted by atomic mass is 10.0. The lowest BCUT2D eigenvalue weighted by Gasteiger charge is -2.23. The number of nitrogens with zero attached hydrogens (tertiary/aromatic N) is 1. The molecule has 1 aliphatic rings. The van der Waals surface area contributed by atoms with E-state index in [9.17, 15) is 9.90 Å². The van der Waals surface area contributed by atoms with Crippen LogP contribution in [0, 0.1) is 0 Å². The van der Waals surface area contributed by atoms with E-state index >= 15 is 0 Å². The van der Waals surface area contributed by atoms with Crippen LogP contribution in [0.1, 0.15) is 61.0 Å². The second-order valence-corrected chi connectivity index (χ2v) is 7.85. The summed E-state index contributed by atoms with van der Waals surface area (Å²) in [7, 11) is 0. The van der Waals surface area contributed by atoms with E-state index in [1.165, 1.54) is 0 Å². The quantitative estimate of drug-likeness (QED) is 0.507. The number of rotatable bonds is 9. The van der Waals surface area contributed by atoms with Gasteiger partial charge in [0.15, 0.2) is 5.76 Å². The van der Waals surface area contributed by atoms with Crippen molar-refractivity contribution in [2.45, 2.75) is 46.1 Å². The van der Waals surface area contributed by atoms with Gasteiger partial charge < -0.3 is 9.84 Å². The smallest absolute Gasteiger partial charge is 0.231 e. The molecule has 0 bridgehead atoms. The lowest BCUT2D eigenvalue weighted by Crippen LogP contribution is -2.25. The maximum absolute atomic E-state index is 12.9. The van der Waals surface area contributed by atoms with Crippen LogP contribution in [-0.4, -0.2) is 28.9 Å². The zero-order chi connectivity index (χ0) is 20.8. The number of carbonyl (C=O) groups is 1. The monoisotopic (exact) mass is 413 g/mol. The highest BCUT2D eigenvalue weighted by Gasteiger charge is 2.31. The number of fused-ring (bicyclic) bond motifs is 1. The summed E-state index contributed by atoms with van der Waals surface area (Å²) in [5.41, 5.74) is 1.97. The number of phenols is 1. The Labute approximate surface area is 177 Å². The molecule has 0 unspecified atom stereocenters. The molecular weight excluding hydrogens is 386 g/mol. The van der Waals surface area contributed by atoms with Gasteiger partial charge in [-0.25, -0.2) is 0 Å². The van der Waals surface area contributed by atoms with Crippen molar-refractivity contribution in [1.29, 1.82) is 0 Å². The number of hydrogen-bond donors (Lipinski definition) is 1. The van der Waals surface area contributed by atoms with Crippen molar-refractivity contribution in [3.8, 4) is 11.5 Å². The maximum Gasteiger partial charge on any atom is 0.231 e. The van der Waals surface area contributed by atoms with Gasteiger partial charge in [0.05, 0.1) is 11.1 Å². The standard InChI is InChI=1S/C24H28ClNO3/c1-3-5-12-26(13-6-4-2)16-20-21(27)11-10-19-23(28)22(29-24(19)20)15-17-8-7-9-18(25)14-17/h7-11,14-15,27H,3-6,12-13,16H2,1-2H3/b22-15+. The third kappa shape index (κ3) is 5.20. The normalized spacial score (nSPS) is 14.5. The topological polar surface area (TPSA) is 49.8 Å². The number of Topliss-reactive ketones (excluding diaryl/α,β-unsaturated/α-hetero) is 1. The van der Waals surface area contributed by atoms with Crippen LogP contribution in [0.25, 0.3) is 6.08 Å². The van der Waals surface area contributed by atoms with E-state index in [0.717, 1.165) is 44.3 Å². The van der Waals surface area contributed by atoms with Crippen LogP contribution < -0.4 is 4.74 Å². The van der Waals surface area contributed by atoms with E-state index in [4.69, 9.17) is 16.3 Å². The minimum absolute atomic E-state index is 0.165. The number of halogens is 1. The number of ketones is 1. The molecule has 1 N–H and O–H groups in total. The van der Waals surface area contributed by atoms with Gasteiger partial charge in [0.2, 0.25) is 5.78 Å². The molecule has 0 amide bonds. The van der Waals surface area contributed by atoms with Gasteiger partial charge in [0.1, 0.15) is 11.5 Å². The molecule has 0 saturated heterocycles. The van der Waals surface area contributed by atoms with Gasteiger partial charge in [-0.2, -0.15) is 0 Å². The maximum atomic E-state index is 12.9. The van der Waals surface area contributed by atoms with Crippen LogP contribution in [0.3, 0.4) is 0 Å². The Morgan fingerprint density at radius 2 is 1.83 bits per heavy atom. The van der Waals surface area contributed by atoms with E-state index in [-0.39, 0.29) is 17.3 Å². The minimum Gasteiger partial charge on any atom is -0.507 e. The lowest BCUT2D eigenvalue weighted by molar-refractivity contribution is 0.101. The molecule has 5 heteroatoms. The summed E-state index contributed by atoms with van der Waals surface area (Å²) < 4.78 is 5.97. The first-order valence-corrected chi connectivity index (χ1v) is 10.7. The molecule has 0 atom stereocenters. The van der Waals surface area contributed by atoms with E-state index in [0.29, 0.717) is 28.4 Å². The molecule has 154 valence electrons. The van der Waals surface area contributed by atoms with Crippen molar-refractivity contribution in [3.05, 3.63) is 63.9 Å². The van der Waals surface area contributed by atoms with E-state index in [1.54, 1.807) is 30.3 Å². The molecule has 3 rings (SSSR count). The van der Waals surface area contributed by atoms with Gasteiger partial charge in [-0.3, -0.25) is 9.69 Å². The zero-order valence-electron chi connectivity index (χ0n) is 17.1. The average Bonchev–Trinajstić information content (AvgIpc) is 3.01. The number of allylic oxidation sites excluding steroid dienone is 1. The van der Waals surface area contributed by atoms with Gasteiger partial charge in [0, 0.05) is 11.6 Å². The Bertz CT molecular complexity index is 899. The number of aromatic hydroxyl groups is 1. The second kappa shape index (κ2) is 9.95. The number of unbranched alkanes of at least 4 members (excludes halogenated alkanes) is 2. The summed E-state index contributed by atoms with van der Waals surface area (Å²) in [6.45, 7) is 6.82. The Hall–Kier alpha value is -2.30. The molecule has 1 aliphatic heterocycles. The number of phenolic OH excluding ortho intramolecular Hbond substituents is 1. The third-order valence-electron chi connectivity index (χ3n) is 5.10. The molecule has 2 aromatic rings. The fourth-order valence-electron chi connectivity index (χ4n) is 3.45. The highest BCUT2D eigenvalue weighted by molar-refractivity contribution is 6.30. The van der Waals surface area contributed by atoms with E-state index < -0.39 is 0 Å². The van der Waals surface area contributed by atoms with Crippen molar-refractivity contribution in [3.63, 3.8) is 0 Å². The molecule has 0 aromatic heterocycles. The molecular formula is C24H28ClNO3. The fraction of sp³-hybridized carbons (Fsp3) is 0.375. The summed E-state index contributed by atoms with van der Waals surface area (Å²) >= 11 is 6.05. The highest BCUT2D eigenvalue weighted by Crippen LogP contribution is 2.40. The Balaban J connectivity index is 1.89. The Kier molecular flexibility index (Phi) is 7.34. The molecule has 29 heavy (non-hydrogen) atoms. The summed E-state index contributed by atoms with van der Waals surface area (Å²) in [5, 5.41) is 11.1. The minimum atomic E-state index is -0.171. The predicted molar refractivity (Wildman–Crippen MR) is 118 cm³/mol. The number of carbonyl (C=O) groups excluding carboxylic acids is 1. The third-order valence-corrected chi connectivity index (χ3v) is 5.34. The molecule has 0 spiro atoms. The molecule has 4 nitrogen and oxygen atoms in total. The number of benzene rings is 2. The number of hydrogen-bond acceptors (Lipinski definition) is 4. The van der Waals surface area contributed by atoms with Crippen LogP contribution in [0.4, 0.5) is 0 Å². The van der Waals surface area contributed by atoms with Gasteiger partial charge in [-0.1, -0.05) is 50.4 Å². The molecule has 0 saturated carbocycles. The van der Waals surface area contributed by atoms with Crippen LogP contribution in [0.2, 0.25) is 5.02 Å². The first kappa shape index (κ1) is 21.4. The Morgan fingerprint density at radius 1 is 1.10 bits per heavy atom. The molecule has 0 aliphatic carbocycles. The SMILES string of the molecule is CCCCN(CCCC)Cc1c(O)ccc2c1O/C(=C/c1cccc(Cl)c1)C2=O. The Morgan fingerprint density at radius 3 is 2.48 bits per heavy atom. The van der Waals surface area contributed by atoms with E-state index in [1.807, 2.05) is 12.1 Å². The van der Waals surface area contributed by atoms with Gasteiger partial charge in [-0.05, 0) is 61.8 Å². The van der Waals surface area contributed by atoms with Crippen molar-refractivity contribution < 1.29 is 14.6 Å². The second-order valence-electron chi connectivity index (χ2n) is 7.42. The molecule has 2 aromatic carbocycles. The summed E-state index contributed by atoms with van der Waals surface area (Å²) in [4.78, 5) is 15.2. The van der Waals surface area contributed by atoms with Crippen molar-refractivity contribution >= 4 is 23.5 Å². The van der Waals surface area contributed by atoms with E-state index in [2.05, 4.69) is 18.7 Å². The summed E-state index contributed by atoms with van der Waals surface area (Å²) in [6.07, 6.45) is 6.12. The number of ether oxygens (including phenoxy) is 1. The van der Waals surface area contributed by atoms with Crippen LogP contribution >= 0.6 is 11.6 Å². The first-order chi connectivity index (χ1) is 14.0. The van der Waals surface area contributed by atoms with Gasteiger partial charge >= 0.3 is 0 Å². The summed E-state index contributed by atoms with van der Waals surface area (Å²) in [5.74, 6) is 0.720. The predicted octanol–water partition coefficient (Wildman–Crippen LogP) is 6.06. The van der Waals surface area contributed by atoms with Gasteiger partial charge in [0.25, 0.3) is 0 Å². The zero-order valence-corrected chi connectivity index (χ0v) is 17.8. The van der Waals surface area contributed by atoms with Crippen molar-refractivity contribution in [2.24, 2.45) is 0 Å². The summed E-state index contributed by atoms with van der Waals surface area (Å²) in [6, 6.07) is 10.5. The molecule has 0 fully saturated rings. The first-order valence-electron chi connectivity index (χ1n) is 10.3. The van der Waals surface area contributed by atoms with Gasteiger partial charge in [-0.15, -0.1) is 0 Å².